The second-order valence-corrected chi connectivity index (χ2v) is 7.04. The molecule has 0 radical (unpaired) electrons. The first-order chi connectivity index (χ1) is 17.0. The predicted molar refractivity (Wildman–Crippen MR) is 163 cm³/mol. The van der Waals surface area contributed by atoms with Crippen molar-refractivity contribution in [3.8, 4) is 0 Å². The molecule has 194 valence electrons. The van der Waals surface area contributed by atoms with Crippen molar-refractivity contribution in [2.75, 3.05) is 11.9 Å². The Hall–Kier alpha value is -3.00. The van der Waals surface area contributed by atoms with E-state index in [4.69, 9.17) is 0 Å². The first-order valence-corrected chi connectivity index (χ1v) is 13.3. The molecule has 2 heteroatoms. The fourth-order valence-corrected chi connectivity index (χ4v) is 3.44. The number of para-hydroxylation sites is 3. The summed E-state index contributed by atoms with van der Waals surface area (Å²) in [6.07, 6.45) is 0. The molecule has 0 aliphatic heterocycles. The Balaban J connectivity index is 0. The summed E-state index contributed by atoms with van der Waals surface area (Å²) in [5, 5.41) is 1.33. The summed E-state index contributed by atoms with van der Waals surface area (Å²) in [6.45, 7) is 22.4. The lowest BCUT2D eigenvalue weighted by molar-refractivity contribution is 0.918. The summed E-state index contributed by atoms with van der Waals surface area (Å²) in [5.74, 6) is 0. The second kappa shape index (κ2) is 20.4. The van der Waals surface area contributed by atoms with E-state index in [1.165, 1.54) is 39.1 Å². The number of anilines is 2. The van der Waals surface area contributed by atoms with E-state index >= 15 is 0 Å². The Labute approximate surface area is 217 Å². The van der Waals surface area contributed by atoms with Gasteiger partial charge in [0.1, 0.15) is 0 Å². The third-order valence-corrected chi connectivity index (χ3v) is 5.15. The Bertz CT molecular complexity index is 998. The van der Waals surface area contributed by atoms with Crippen LogP contribution in [0.3, 0.4) is 0 Å². The molecule has 0 N–H and O–H groups in total. The van der Waals surface area contributed by atoms with Crippen molar-refractivity contribution in [3.05, 3.63) is 95.7 Å². The number of aryl methyl sites for hydroxylation is 4. The van der Waals surface area contributed by atoms with Crippen molar-refractivity contribution in [1.29, 1.82) is 0 Å². The minimum atomic E-state index is 1.26. The molecule has 3 aromatic carbocycles. The first kappa shape index (κ1) is 34.2. The van der Waals surface area contributed by atoms with Crippen molar-refractivity contribution < 1.29 is 0 Å². The van der Waals surface area contributed by atoms with Crippen LogP contribution in [-0.4, -0.2) is 11.6 Å². The van der Waals surface area contributed by atoms with Gasteiger partial charge >= 0.3 is 0 Å². The molecule has 0 aliphatic carbocycles. The van der Waals surface area contributed by atoms with Gasteiger partial charge in [0.15, 0.2) is 0 Å². The summed E-state index contributed by atoms with van der Waals surface area (Å²) in [4.78, 5) is 2.24. The van der Waals surface area contributed by atoms with Crippen LogP contribution in [0.4, 0.5) is 11.4 Å². The fraction of sp³-hybridized carbons (Fsp3) is 0.394. The zero-order valence-electron chi connectivity index (χ0n) is 24.9. The highest BCUT2D eigenvalue weighted by Crippen LogP contribution is 2.28. The number of hydrogen-bond donors (Lipinski definition) is 0. The van der Waals surface area contributed by atoms with Gasteiger partial charge in [-0.1, -0.05) is 110 Å². The van der Waals surface area contributed by atoms with Gasteiger partial charge in [0.2, 0.25) is 0 Å². The van der Waals surface area contributed by atoms with E-state index in [0.29, 0.717) is 0 Å². The quantitative estimate of drug-likeness (QED) is 0.279. The SMILES string of the molecule is CC.CC.CC.CC.Cc1cc2ccccc2n1C.Cc1ccccc1N(C)c1ccccc1C. The molecule has 0 fully saturated rings. The largest absolute Gasteiger partial charge is 0.348 e. The Morgan fingerprint density at radius 2 is 0.914 bits per heavy atom. The maximum atomic E-state index is 2.24. The zero-order valence-corrected chi connectivity index (χ0v) is 24.9. The van der Waals surface area contributed by atoms with E-state index in [1.54, 1.807) is 0 Å². The van der Waals surface area contributed by atoms with Crippen molar-refractivity contribution in [1.82, 2.24) is 4.57 Å². The molecule has 0 spiro atoms. The highest BCUT2D eigenvalue weighted by atomic mass is 15.1. The van der Waals surface area contributed by atoms with Crippen molar-refractivity contribution in [3.63, 3.8) is 0 Å². The van der Waals surface area contributed by atoms with Crippen molar-refractivity contribution in [2.24, 2.45) is 7.05 Å². The average Bonchev–Trinajstić information content (AvgIpc) is 3.22. The van der Waals surface area contributed by atoms with Gasteiger partial charge in [-0.05, 0) is 61.5 Å². The summed E-state index contributed by atoms with van der Waals surface area (Å²) in [6, 6.07) is 27.5. The number of hydrogen-bond acceptors (Lipinski definition) is 1. The highest BCUT2D eigenvalue weighted by Gasteiger charge is 2.07. The number of rotatable bonds is 2. The molecule has 2 nitrogen and oxygen atoms in total. The summed E-state index contributed by atoms with van der Waals surface area (Å²) >= 11 is 0. The molecule has 0 bridgehead atoms. The summed E-state index contributed by atoms with van der Waals surface area (Å²) in [5.41, 5.74) is 7.74. The van der Waals surface area contributed by atoms with E-state index in [2.05, 4.69) is 123 Å². The Morgan fingerprint density at radius 1 is 0.543 bits per heavy atom. The molecule has 0 aliphatic rings. The Morgan fingerprint density at radius 3 is 1.31 bits per heavy atom. The minimum Gasteiger partial charge on any atom is -0.348 e. The van der Waals surface area contributed by atoms with Gasteiger partial charge in [0.05, 0.1) is 0 Å². The van der Waals surface area contributed by atoms with E-state index in [0.717, 1.165) is 0 Å². The van der Waals surface area contributed by atoms with Gasteiger partial charge in [0.25, 0.3) is 0 Å². The van der Waals surface area contributed by atoms with Gasteiger partial charge in [-0.25, -0.2) is 0 Å². The molecule has 0 unspecified atom stereocenters. The van der Waals surface area contributed by atoms with Crippen LogP contribution in [0.5, 0.6) is 0 Å². The van der Waals surface area contributed by atoms with Crippen LogP contribution in [0, 0.1) is 20.8 Å². The van der Waals surface area contributed by atoms with Gasteiger partial charge in [-0.2, -0.15) is 0 Å². The number of fused-ring (bicyclic) bond motifs is 1. The maximum Gasteiger partial charge on any atom is 0.0479 e. The zero-order chi connectivity index (χ0) is 27.4. The van der Waals surface area contributed by atoms with Crippen molar-refractivity contribution in [2.45, 2.75) is 76.2 Å². The van der Waals surface area contributed by atoms with Gasteiger partial charge in [-0.3, -0.25) is 0 Å². The van der Waals surface area contributed by atoms with Gasteiger partial charge in [0, 0.05) is 36.7 Å². The highest BCUT2D eigenvalue weighted by molar-refractivity contribution is 5.81. The third-order valence-electron chi connectivity index (χ3n) is 5.15. The minimum absolute atomic E-state index is 1.26. The molecule has 0 amide bonds. The van der Waals surface area contributed by atoms with Crippen LogP contribution >= 0.6 is 0 Å². The summed E-state index contributed by atoms with van der Waals surface area (Å²) in [7, 11) is 4.21. The van der Waals surface area contributed by atoms with Crippen LogP contribution in [0.1, 0.15) is 72.2 Å². The fourth-order valence-electron chi connectivity index (χ4n) is 3.44. The van der Waals surface area contributed by atoms with Crippen LogP contribution in [0.2, 0.25) is 0 Å². The van der Waals surface area contributed by atoms with Crippen molar-refractivity contribution >= 4 is 22.3 Å². The average molecular weight is 477 g/mol. The lowest BCUT2D eigenvalue weighted by Crippen LogP contribution is -2.11. The lowest BCUT2D eigenvalue weighted by Gasteiger charge is -2.23. The maximum absolute atomic E-state index is 2.24. The number of aromatic nitrogens is 1. The predicted octanol–water partition coefficient (Wildman–Crippen LogP) is 10.7. The molecule has 0 atom stereocenters. The molecule has 4 aromatic rings. The monoisotopic (exact) mass is 476 g/mol. The molecule has 0 saturated heterocycles. The van der Waals surface area contributed by atoms with E-state index in [1.807, 2.05) is 55.4 Å². The standard InChI is InChI=1S/C15H17N.C10H11N.4C2H6/c1-12-8-4-6-10-14(12)16(3)15-11-7-5-9-13(15)2;1-8-7-9-5-3-4-6-10(9)11(8)2;4*1-2/h4-11H,1-3H3;3-7H,1-2H3;4*1-2H3. The molecular formula is C33H52N2. The van der Waals surface area contributed by atoms with Gasteiger partial charge < -0.3 is 9.47 Å². The molecular weight excluding hydrogens is 424 g/mol. The molecule has 1 heterocycles. The molecule has 35 heavy (non-hydrogen) atoms. The lowest BCUT2D eigenvalue weighted by atomic mass is 10.1. The van der Waals surface area contributed by atoms with Gasteiger partial charge in [-0.15, -0.1) is 0 Å². The Kier molecular flexibility index (Phi) is 19.9. The number of nitrogens with zero attached hydrogens (tertiary/aromatic N) is 2. The van der Waals surface area contributed by atoms with E-state index < -0.39 is 0 Å². The normalized spacial score (nSPS) is 8.71. The van der Waals surface area contributed by atoms with Crippen LogP contribution < -0.4 is 4.90 Å². The van der Waals surface area contributed by atoms with Crippen LogP contribution in [0.25, 0.3) is 10.9 Å². The van der Waals surface area contributed by atoms with E-state index in [9.17, 15) is 0 Å². The molecule has 1 aromatic heterocycles. The number of benzene rings is 3. The second-order valence-electron chi connectivity index (χ2n) is 7.04. The molecule has 0 saturated carbocycles. The van der Waals surface area contributed by atoms with E-state index in [-0.39, 0.29) is 0 Å². The van der Waals surface area contributed by atoms with Crippen LogP contribution in [-0.2, 0) is 7.05 Å². The topological polar surface area (TPSA) is 8.17 Å². The third kappa shape index (κ3) is 10.4. The first-order valence-electron chi connectivity index (χ1n) is 13.3. The summed E-state index contributed by atoms with van der Waals surface area (Å²) < 4.78 is 2.20. The smallest absolute Gasteiger partial charge is 0.0479 e. The van der Waals surface area contributed by atoms with Crippen LogP contribution in [0.15, 0.2) is 78.9 Å². The molecule has 4 rings (SSSR count).